The first-order valence-corrected chi connectivity index (χ1v) is 7.43. The third-order valence-corrected chi connectivity index (χ3v) is 4.00. The first kappa shape index (κ1) is 16.2. The van der Waals surface area contributed by atoms with Gasteiger partial charge in [0.05, 0.1) is 0 Å². The van der Waals surface area contributed by atoms with E-state index in [0.29, 0.717) is 24.0 Å². The van der Waals surface area contributed by atoms with Crippen molar-refractivity contribution in [3.63, 3.8) is 0 Å². The largest absolute Gasteiger partial charge is 0.313 e. The van der Waals surface area contributed by atoms with Crippen LogP contribution in [0.1, 0.15) is 46.2 Å². The van der Waals surface area contributed by atoms with Crippen LogP contribution in [-0.4, -0.2) is 30.6 Å². The zero-order valence-corrected chi connectivity index (χ0v) is 13.4. The summed E-state index contributed by atoms with van der Waals surface area (Å²) in [7, 11) is 2.24. The molecule has 2 nitrogen and oxygen atoms in total. The Balaban J connectivity index is 2.86. The van der Waals surface area contributed by atoms with Crippen molar-refractivity contribution in [1.29, 1.82) is 0 Å². The molecule has 0 aliphatic heterocycles. The van der Waals surface area contributed by atoms with E-state index in [1.54, 1.807) is 0 Å². The first-order valence-electron chi connectivity index (χ1n) is 7.43. The van der Waals surface area contributed by atoms with Gasteiger partial charge >= 0.3 is 0 Å². The van der Waals surface area contributed by atoms with Gasteiger partial charge in [-0.2, -0.15) is 0 Å². The van der Waals surface area contributed by atoms with Crippen LogP contribution in [-0.2, 0) is 0 Å². The minimum atomic E-state index is 0.431. The Morgan fingerprint density at radius 2 is 1.58 bits per heavy atom. The summed E-state index contributed by atoms with van der Waals surface area (Å²) in [6, 6.07) is 12.3. The molecular formula is C17H30N2. The Morgan fingerprint density at radius 1 is 1.00 bits per heavy atom. The van der Waals surface area contributed by atoms with Crippen molar-refractivity contribution in [3.05, 3.63) is 35.9 Å². The molecule has 0 aliphatic carbocycles. The molecule has 0 bridgehead atoms. The van der Waals surface area contributed by atoms with Crippen LogP contribution >= 0.6 is 0 Å². The van der Waals surface area contributed by atoms with E-state index in [4.69, 9.17) is 0 Å². The summed E-state index contributed by atoms with van der Waals surface area (Å²) < 4.78 is 0. The zero-order valence-electron chi connectivity index (χ0n) is 13.4. The van der Waals surface area contributed by atoms with Gasteiger partial charge in [-0.05, 0) is 25.5 Å². The fourth-order valence-corrected chi connectivity index (χ4v) is 2.27. The average molecular weight is 262 g/mol. The lowest BCUT2D eigenvalue weighted by atomic mass is 9.99. The van der Waals surface area contributed by atoms with Crippen molar-refractivity contribution >= 4 is 0 Å². The summed E-state index contributed by atoms with van der Waals surface area (Å²) >= 11 is 0. The zero-order chi connectivity index (χ0) is 14.4. The number of likely N-dealkylation sites (N-methyl/N-ethyl adjacent to an activating group) is 1. The van der Waals surface area contributed by atoms with E-state index >= 15 is 0 Å². The van der Waals surface area contributed by atoms with Crippen molar-refractivity contribution in [2.24, 2.45) is 5.92 Å². The molecule has 2 unspecified atom stereocenters. The van der Waals surface area contributed by atoms with Gasteiger partial charge in [0.15, 0.2) is 0 Å². The van der Waals surface area contributed by atoms with E-state index in [0.717, 1.165) is 6.54 Å². The van der Waals surface area contributed by atoms with E-state index in [9.17, 15) is 0 Å². The molecular weight excluding hydrogens is 232 g/mol. The Labute approximate surface area is 119 Å². The van der Waals surface area contributed by atoms with Gasteiger partial charge in [-0.3, -0.25) is 4.90 Å². The predicted molar refractivity (Wildman–Crippen MR) is 84.4 cm³/mol. The minimum Gasteiger partial charge on any atom is -0.313 e. The summed E-state index contributed by atoms with van der Waals surface area (Å²) in [6.07, 6.45) is 0. The molecule has 108 valence electrons. The van der Waals surface area contributed by atoms with Gasteiger partial charge in [-0.1, -0.05) is 58.0 Å². The highest BCUT2D eigenvalue weighted by molar-refractivity contribution is 5.19. The van der Waals surface area contributed by atoms with Crippen molar-refractivity contribution in [2.75, 3.05) is 13.6 Å². The minimum absolute atomic E-state index is 0.431. The molecule has 0 saturated heterocycles. The monoisotopic (exact) mass is 262 g/mol. The summed E-state index contributed by atoms with van der Waals surface area (Å²) in [4.78, 5) is 2.50. The van der Waals surface area contributed by atoms with Crippen LogP contribution in [0.15, 0.2) is 30.3 Å². The number of nitrogens with zero attached hydrogens (tertiary/aromatic N) is 1. The van der Waals surface area contributed by atoms with Crippen molar-refractivity contribution < 1.29 is 0 Å². The lowest BCUT2D eigenvalue weighted by Crippen LogP contribution is -2.42. The van der Waals surface area contributed by atoms with Crippen molar-refractivity contribution in [3.8, 4) is 0 Å². The molecule has 0 saturated carbocycles. The fraction of sp³-hybridized carbons (Fsp3) is 0.647. The molecule has 1 aromatic carbocycles. The van der Waals surface area contributed by atoms with E-state index < -0.39 is 0 Å². The highest BCUT2D eigenvalue weighted by Crippen LogP contribution is 2.23. The molecule has 0 amide bonds. The Bertz CT molecular complexity index is 346. The third kappa shape index (κ3) is 4.96. The molecule has 1 rings (SSSR count). The van der Waals surface area contributed by atoms with Gasteiger partial charge in [0.2, 0.25) is 0 Å². The van der Waals surface area contributed by atoms with Gasteiger partial charge in [0.1, 0.15) is 0 Å². The summed E-state index contributed by atoms with van der Waals surface area (Å²) in [5.41, 5.74) is 1.39. The maximum absolute atomic E-state index is 3.58. The molecule has 0 heterocycles. The van der Waals surface area contributed by atoms with Crippen molar-refractivity contribution in [2.45, 2.75) is 52.7 Å². The Kier molecular flexibility index (Phi) is 6.53. The van der Waals surface area contributed by atoms with Crippen LogP contribution in [0.5, 0.6) is 0 Å². The molecule has 2 heteroatoms. The normalized spacial score (nSPS) is 15.2. The fourth-order valence-electron chi connectivity index (χ4n) is 2.27. The molecule has 1 aromatic rings. The molecule has 0 radical (unpaired) electrons. The van der Waals surface area contributed by atoms with Crippen LogP contribution in [0.25, 0.3) is 0 Å². The maximum Gasteiger partial charge on any atom is 0.0472 e. The molecule has 19 heavy (non-hydrogen) atoms. The van der Waals surface area contributed by atoms with Crippen LogP contribution in [0.4, 0.5) is 0 Å². The van der Waals surface area contributed by atoms with Crippen LogP contribution in [0, 0.1) is 5.92 Å². The van der Waals surface area contributed by atoms with Crippen LogP contribution in [0.2, 0.25) is 0 Å². The Morgan fingerprint density at radius 3 is 2.05 bits per heavy atom. The quantitative estimate of drug-likeness (QED) is 0.806. The summed E-state index contributed by atoms with van der Waals surface area (Å²) in [5.74, 6) is 0.662. The summed E-state index contributed by atoms with van der Waals surface area (Å²) in [5, 5.41) is 3.58. The van der Waals surface area contributed by atoms with E-state index in [1.807, 2.05) is 0 Å². The van der Waals surface area contributed by atoms with E-state index in [1.165, 1.54) is 5.56 Å². The maximum atomic E-state index is 3.58. The van der Waals surface area contributed by atoms with E-state index in [-0.39, 0.29) is 0 Å². The third-order valence-electron chi connectivity index (χ3n) is 4.00. The molecule has 0 aromatic heterocycles. The smallest absolute Gasteiger partial charge is 0.0472 e. The lowest BCUT2D eigenvalue weighted by Gasteiger charge is -2.36. The highest BCUT2D eigenvalue weighted by Gasteiger charge is 2.23. The molecule has 0 spiro atoms. The second kappa shape index (κ2) is 7.66. The van der Waals surface area contributed by atoms with Gasteiger partial charge in [-0.25, -0.2) is 0 Å². The second-order valence-corrected chi connectivity index (χ2v) is 6.14. The molecule has 0 aliphatic rings. The van der Waals surface area contributed by atoms with Gasteiger partial charge in [0.25, 0.3) is 0 Å². The topological polar surface area (TPSA) is 15.3 Å². The SMILES string of the molecule is CC(C)NCC(c1ccccc1)N(C)C(C)C(C)C. The molecule has 0 fully saturated rings. The average Bonchev–Trinajstić information content (AvgIpc) is 2.38. The number of hydrogen-bond donors (Lipinski definition) is 1. The highest BCUT2D eigenvalue weighted by atomic mass is 15.2. The molecule has 1 N–H and O–H groups in total. The number of benzene rings is 1. The van der Waals surface area contributed by atoms with E-state index in [2.05, 4.69) is 82.2 Å². The number of hydrogen-bond acceptors (Lipinski definition) is 2. The number of nitrogens with one attached hydrogen (secondary N) is 1. The second-order valence-electron chi connectivity index (χ2n) is 6.14. The van der Waals surface area contributed by atoms with Crippen molar-refractivity contribution in [1.82, 2.24) is 10.2 Å². The molecule has 2 atom stereocenters. The predicted octanol–water partition coefficient (Wildman–Crippen LogP) is 3.70. The van der Waals surface area contributed by atoms with Crippen LogP contribution < -0.4 is 5.32 Å². The van der Waals surface area contributed by atoms with Gasteiger partial charge in [0, 0.05) is 24.7 Å². The number of rotatable bonds is 7. The lowest BCUT2D eigenvalue weighted by molar-refractivity contribution is 0.144. The standard InChI is InChI=1S/C17H30N2/c1-13(2)15(5)19(6)17(12-18-14(3)4)16-10-8-7-9-11-16/h7-11,13-15,17-18H,12H2,1-6H3. The van der Waals surface area contributed by atoms with Crippen LogP contribution in [0.3, 0.4) is 0 Å². The Hall–Kier alpha value is -0.860. The van der Waals surface area contributed by atoms with Gasteiger partial charge < -0.3 is 5.32 Å². The first-order chi connectivity index (χ1) is 8.93. The summed E-state index contributed by atoms with van der Waals surface area (Å²) in [6.45, 7) is 12.3. The van der Waals surface area contributed by atoms with Gasteiger partial charge in [-0.15, -0.1) is 0 Å².